The molecule has 85 valence electrons. The van der Waals surface area contributed by atoms with Crippen molar-refractivity contribution in [1.29, 1.82) is 5.26 Å². The van der Waals surface area contributed by atoms with E-state index < -0.39 is 11.7 Å². The van der Waals surface area contributed by atoms with Crippen LogP contribution >= 0.6 is 0 Å². The van der Waals surface area contributed by atoms with E-state index in [9.17, 15) is 13.2 Å². The molecule has 0 saturated heterocycles. The van der Waals surface area contributed by atoms with E-state index in [0.29, 0.717) is 18.4 Å². The molecule has 4 heteroatoms. The van der Waals surface area contributed by atoms with E-state index in [1.165, 1.54) is 6.07 Å². The molecule has 0 heterocycles. The minimum Gasteiger partial charge on any atom is -0.192 e. The number of unbranched alkanes of at least 4 members (excludes halogenated alkanes) is 1. The van der Waals surface area contributed by atoms with Gasteiger partial charge in [0.15, 0.2) is 0 Å². The molecule has 0 spiro atoms. The lowest BCUT2D eigenvalue weighted by Crippen LogP contribution is -2.08. The molecule has 0 amide bonds. The Morgan fingerprint density at radius 3 is 2.50 bits per heavy atom. The van der Waals surface area contributed by atoms with Crippen LogP contribution < -0.4 is 0 Å². The van der Waals surface area contributed by atoms with E-state index in [1.54, 1.807) is 12.1 Å². The predicted octanol–water partition coefficient (Wildman–Crippen LogP) is 3.73. The third-order valence-corrected chi connectivity index (χ3v) is 2.23. The zero-order valence-corrected chi connectivity index (χ0v) is 8.64. The van der Waals surface area contributed by atoms with Gasteiger partial charge in [-0.1, -0.05) is 19.4 Å². The molecule has 0 N–H and O–H groups in total. The van der Waals surface area contributed by atoms with Crippen molar-refractivity contribution in [3.63, 3.8) is 0 Å². The third kappa shape index (κ3) is 2.99. The van der Waals surface area contributed by atoms with E-state index in [2.05, 4.69) is 6.92 Å². The molecule has 0 aliphatic rings. The number of nitriles is 1. The highest BCUT2D eigenvalue weighted by Crippen LogP contribution is 2.32. The summed E-state index contributed by atoms with van der Waals surface area (Å²) in [6, 6.07) is 5.39. The minimum atomic E-state index is -4.47. The van der Waals surface area contributed by atoms with Gasteiger partial charge in [0.2, 0.25) is 0 Å². The van der Waals surface area contributed by atoms with Crippen LogP contribution in [0.25, 0.3) is 0 Å². The van der Waals surface area contributed by atoms with Crippen LogP contribution in [0.5, 0.6) is 0 Å². The lowest BCUT2D eigenvalue weighted by Gasteiger charge is -2.10. The Morgan fingerprint density at radius 1 is 1.31 bits per heavy atom. The second kappa shape index (κ2) is 5.02. The molecule has 0 aliphatic heterocycles. The average Bonchev–Trinajstić information content (AvgIpc) is 2.24. The van der Waals surface area contributed by atoms with Crippen molar-refractivity contribution in [1.82, 2.24) is 0 Å². The Morgan fingerprint density at radius 2 is 2.00 bits per heavy atom. The lowest BCUT2D eigenvalue weighted by atomic mass is 10.0. The predicted molar refractivity (Wildman–Crippen MR) is 54.5 cm³/mol. The molecular weight excluding hydrogens is 215 g/mol. The molecule has 0 atom stereocenters. The molecule has 0 unspecified atom stereocenters. The van der Waals surface area contributed by atoms with Crippen LogP contribution in [0.4, 0.5) is 13.2 Å². The number of alkyl halides is 3. The van der Waals surface area contributed by atoms with E-state index in [-0.39, 0.29) is 5.56 Å². The number of hydrogen-bond donors (Lipinski definition) is 0. The van der Waals surface area contributed by atoms with Gasteiger partial charge in [-0.05, 0) is 30.5 Å². The minimum absolute atomic E-state index is 0.328. The van der Waals surface area contributed by atoms with Crippen molar-refractivity contribution in [3.8, 4) is 6.07 Å². The maximum Gasteiger partial charge on any atom is 0.417 e. The summed E-state index contributed by atoms with van der Waals surface area (Å²) in [4.78, 5) is 0. The second-order valence-electron chi connectivity index (χ2n) is 3.45. The molecule has 0 aromatic heterocycles. The summed E-state index contributed by atoms with van der Waals surface area (Å²) in [6.07, 6.45) is -2.49. The molecule has 0 bridgehead atoms. The van der Waals surface area contributed by atoms with Gasteiger partial charge in [-0.15, -0.1) is 0 Å². The SMILES string of the molecule is [CH2]CCCc1ccc(C#N)c(C(F)(F)F)c1. The van der Waals surface area contributed by atoms with Gasteiger partial charge in [0.05, 0.1) is 17.2 Å². The van der Waals surface area contributed by atoms with E-state index in [1.807, 2.05) is 0 Å². The fourth-order valence-electron chi connectivity index (χ4n) is 1.41. The smallest absolute Gasteiger partial charge is 0.192 e. The zero-order valence-electron chi connectivity index (χ0n) is 8.64. The van der Waals surface area contributed by atoms with Crippen LogP contribution in [0.15, 0.2) is 18.2 Å². The fraction of sp³-hybridized carbons (Fsp3) is 0.333. The Labute approximate surface area is 92.5 Å². The van der Waals surface area contributed by atoms with Crippen molar-refractivity contribution in [2.75, 3.05) is 0 Å². The number of aryl methyl sites for hydroxylation is 1. The molecule has 0 aliphatic carbocycles. The Balaban J connectivity index is 3.08. The first-order valence-corrected chi connectivity index (χ1v) is 4.88. The normalized spacial score (nSPS) is 11.2. The van der Waals surface area contributed by atoms with Crippen LogP contribution in [0, 0.1) is 18.3 Å². The van der Waals surface area contributed by atoms with Crippen LogP contribution in [0.2, 0.25) is 0 Å². The number of benzene rings is 1. The van der Waals surface area contributed by atoms with Gasteiger partial charge in [-0.2, -0.15) is 18.4 Å². The number of hydrogen-bond acceptors (Lipinski definition) is 1. The first-order chi connectivity index (χ1) is 7.49. The number of rotatable bonds is 3. The average molecular weight is 226 g/mol. The molecular formula is C12H11F3N. The van der Waals surface area contributed by atoms with Gasteiger partial charge >= 0.3 is 6.18 Å². The van der Waals surface area contributed by atoms with Crippen LogP contribution in [-0.4, -0.2) is 0 Å². The number of nitrogens with zero attached hydrogens (tertiary/aromatic N) is 1. The summed E-state index contributed by atoms with van der Waals surface area (Å²) in [7, 11) is 0. The maximum absolute atomic E-state index is 12.6. The van der Waals surface area contributed by atoms with Gasteiger partial charge in [-0.3, -0.25) is 0 Å². The van der Waals surface area contributed by atoms with Crippen LogP contribution in [0.3, 0.4) is 0 Å². The van der Waals surface area contributed by atoms with Crippen LogP contribution in [0.1, 0.15) is 29.5 Å². The van der Waals surface area contributed by atoms with Gasteiger partial charge in [0.1, 0.15) is 0 Å². The molecule has 1 radical (unpaired) electrons. The third-order valence-electron chi connectivity index (χ3n) is 2.23. The highest BCUT2D eigenvalue weighted by atomic mass is 19.4. The Hall–Kier alpha value is -1.50. The van der Waals surface area contributed by atoms with Crippen molar-refractivity contribution >= 4 is 0 Å². The van der Waals surface area contributed by atoms with Gasteiger partial charge in [0, 0.05) is 0 Å². The largest absolute Gasteiger partial charge is 0.417 e. The molecule has 1 aromatic rings. The van der Waals surface area contributed by atoms with Crippen molar-refractivity contribution in [3.05, 3.63) is 41.8 Å². The van der Waals surface area contributed by atoms with Crippen molar-refractivity contribution in [2.45, 2.75) is 25.4 Å². The Bertz CT molecular complexity index is 402. The first kappa shape index (κ1) is 12.6. The fourth-order valence-corrected chi connectivity index (χ4v) is 1.41. The monoisotopic (exact) mass is 226 g/mol. The standard InChI is InChI=1S/C12H11F3N/c1-2-3-4-9-5-6-10(8-16)11(7-9)12(13,14)15/h5-7H,1-4H2. The molecule has 16 heavy (non-hydrogen) atoms. The van der Waals surface area contributed by atoms with Crippen molar-refractivity contribution < 1.29 is 13.2 Å². The van der Waals surface area contributed by atoms with Gasteiger partial charge in [-0.25, -0.2) is 0 Å². The topological polar surface area (TPSA) is 23.8 Å². The molecule has 1 aromatic carbocycles. The molecule has 0 fully saturated rings. The molecule has 1 rings (SSSR count). The first-order valence-electron chi connectivity index (χ1n) is 4.88. The summed E-state index contributed by atoms with van der Waals surface area (Å²) in [5.41, 5.74) is -0.586. The highest BCUT2D eigenvalue weighted by molar-refractivity contribution is 5.42. The Kier molecular flexibility index (Phi) is 3.94. The summed E-state index contributed by atoms with van der Waals surface area (Å²) in [5, 5.41) is 8.59. The van der Waals surface area contributed by atoms with Gasteiger partial charge < -0.3 is 0 Å². The second-order valence-corrected chi connectivity index (χ2v) is 3.45. The maximum atomic E-state index is 12.6. The summed E-state index contributed by atoms with van der Waals surface area (Å²) < 4.78 is 37.7. The highest BCUT2D eigenvalue weighted by Gasteiger charge is 2.33. The molecule has 0 saturated carbocycles. The van der Waals surface area contributed by atoms with Gasteiger partial charge in [0.25, 0.3) is 0 Å². The summed E-state index contributed by atoms with van der Waals surface area (Å²) in [5.74, 6) is 0. The number of halogens is 3. The van der Waals surface area contributed by atoms with E-state index >= 15 is 0 Å². The van der Waals surface area contributed by atoms with Crippen LogP contribution in [-0.2, 0) is 12.6 Å². The zero-order chi connectivity index (χ0) is 12.2. The summed E-state index contributed by atoms with van der Waals surface area (Å²) in [6.45, 7) is 3.63. The lowest BCUT2D eigenvalue weighted by molar-refractivity contribution is -0.137. The van der Waals surface area contributed by atoms with E-state index in [0.717, 1.165) is 12.5 Å². The molecule has 1 nitrogen and oxygen atoms in total. The summed E-state index contributed by atoms with van der Waals surface area (Å²) >= 11 is 0. The van der Waals surface area contributed by atoms with Crippen molar-refractivity contribution in [2.24, 2.45) is 0 Å². The quantitative estimate of drug-likeness (QED) is 0.770. The van der Waals surface area contributed by atoms with E-state index in [4.69, 9.17) is 5.26 Å².